The third kappa shape index (κ3) is 3.98. The van der Waals surface area contributed by atoms with Crippen LogP contribution in [-0.2, 0) is 5.88 Å². The summed E-state index contributed by atoms with van der Waals surface area (Å²) in [4.78, 5) is 9.90. The van der Waals surface area contributed by atoms with Crippen molar-refractivity contribution in [2.24, 2.45) is 5.92 Å². The molecule has 118 valence electrons. The summed E-state index contributed by atoms with van der Waals surface area (Å²) in [5.41, 5.74) is 1.02. The zero-order chi connectivity index (χ0) is 14.7. The highest BCUT2D eigenvalue weighted by Gasteiger charge is 2.26. The van der Waals surface area contributed by atoms with Gasteiger partial charge in [-0.25, -0.2) is 4.98 Å². The second kappa shape index (κ2) is 7.40. The van der Waals surface area contributed by atoms with Crippen LogP contribution in [0.25, 0.3) is 0 Å². The summed E-state index contributed by atoms with van der Waals surface area (Å²) >= 11 is 7.61. The van der Waals surface area contributed by atoms with E-state index in [0.29, 0.717) is 11.9 Å². The topological polar surface area (TPSA) is 19.4 Å². The number of aromatic nitrogens is 1. The number of hydrogen-bond donors (Lipinski definition) is 0. The molecule has 3 rings (SSSR count). The number of piperidine rings is 1. The Hall–Kier alpha value is -0.160. The molecule has 0 radical (unpaired) electrons. The van der Waals surface area contributed by atoms with E-state index < -0.39 is 0 Å². The highest BCUT2D eigenvalue weighted by atomic mass is 35.5. The smallest absolute Gasteiger partial charge is 0.110 e. The van der Waals surface area contributed by atoms with Crippen LogP contribution in [0, 0.1) is 5.92 Å². The molecule has 1 atom stereocenters. The Morgan fingerprint density at radius 1 is 1.29 bits per heavy atom. The van der Waals surface area contributed by atoms with Gasteiger partial charge in [-0.05, 0) is 64.7 Å². The molecule has 21 heavy (non-hydrogen) atoms. The standard InChI is InChI=1S/C16H26ClN3S/c1-13(16-18-15(10-17)12-21-16)20-8-4-14(5-9-20)11-19-6-2-3-7-19/h12-14H,2-11H2,1H3. The molecule has 5 heteroatoms. The Morgan fingerprint density at radius 3 is 2.62 bits per heavy atom. The largest absolute Gasteiger partial charge is 0.303 e. The second-order valence-corrected chi connectivity index (χ2v) is 7.63. The number of alkyl halides is 1. The number of likely N-dealkylation sites (tertiary alicyclic amines) is 2. The predicted octanol–water partition coefficient (Wildman–Crippen LogP) is 3.75. The van der Waals surface area contributed by atoms with Crippen LogP contribution in [0.3, 0.4) is 0 Å². The van der Waals surface area contributed by atoms with Gasteiger partial charge in [0.25, 0.3) is 0 Å². The van der Waals surface area contributed by atoms with Gasteiger partial charge in [0, 0.05) is 11.9 Å². The lowest BCUT2D eigenvalue weighted by atomic mass is 9.95. The molecule has 1 unspecified atom stereocenters. The molecule has 1 aromatic rings. The first kappa shape index (κ1) is 15.7. The van der Waals surface area contributed by atoms with E-state index in [0.717, 1.165) is 11.6 Å². The fraction of sp³-hybridized carbons (Fsp3) is 0.812. The molecule has 2 saturated heterocycles. The van der Waals surface area contributed by atoms with Gasteiger partial charge in [0.05, 0.1) is 17.6 Å². The fourth-order valence-electron chi connectivity index (χ4n) is 3.59. The quantitative estimate of drug-likeness (QED) is 0.768. The van der Waals surface area contributed by atoms with Gasteiger partial charge in [0.2, 0.25) is 0 Å². The van der Waals surface area contributed by atoms with E-state index in [9.17, 15) is 0 Å². The van der Waals surface area contributed by atoms with Crippen molar-refractivity contribution in [3.63, 3.8) is 0 Å². The third-order valence-electron chi connectivity index (χ3n) is 4.98. The van der Waals surface area contributed by atoms with Crippen molar-refractivity contribution >= 4 is 22.9 Å². The molecule has 0 N–H and O–H groups in total. The highest BCUT2D eigenvalue weighted by Crippen LogP contribution is 2.29. The van der Waals surface area contributed by atoms with Crippen molar-refractivity contribution < 1.29 is 0 Å². The molecule has 0 aliphatic carbocycles. The Balaban J connectivity index is 1.48. The van der Waals surface area contributed by atoms with Crippen LogP contribution >= 0.6 is 22.9 Å². The summed E-state index contributed by atoms with van der Waals surface area (Å²) < 4.78 is 0. The van der Waals surface area contributed by atoms with Crippen LogP contribution in [0.5, 0.6) is 0 Å². The Kier molecular flexibility index (Phi) is 5.54. The minimum absolute atomic E-state index is 0.444. The van der Waals surface area contributed by atoms with Crippen molar-refractivity contribution in [1.29, 1.82) is 0 Å². The molecule has 0 bridgehead atoms. The van der Waals surface area contributed by atoms with Crippen LogP contribution < -0.4 is 0 Å². The molecule has 0 aromatic carbocycles. The molecule has 0 saturated carbocycles. The van der Waals surface area contributed by atoms with Crippen LogP contribution in [0.15, 0.2) is 5.38 Å². The highest BCUT2D eigenvalue weighted by molar-refractivity contribution is 7.09. The molecule has 0 spiro atoms. The van der Waals surface area contributed by atoms with E-state index in [1.54, 1.807) is 11.3 Å². The molecule has 2 fully saturated rings. The van der Waals surface area contributed by atoms with E-state index in [1.165, 1.54) is 63.4 Å². The number of hydrogen-bond acceptors (Lipinski definition) is 4. The lowest BCUT2D eigenvalue weighted by Crippen LogP contribution is -2.39. The molecular formula is C16H26ClN3S. The fourth-order valence-corrected chi connectivity index (χ4v) is 4.72. The SMILES string of the molecule is CC(c1nc(CCl)cs1)N1CCC(CN2CCCC2)CC1. The predicted molar refractivity (Wildman–Crippen MR) is 90.1 cm³/mol. The molecule has 3 heterocycles. The van der Waals surface area contributed by atoms with Crippen molar-refractivity contribution in [3.8, 4) is 0 Å². The minimum Gasteiger partial charge on any atom is -0.303 e. The van der Waals surface area contributed by atoms with Gasteiger partial charge in [-0.3, -0.25) is 4.90 Å². The van der Waals surface area contributed by atoms with Gasteiger partial charge >= 0.3 is 0 Å². The number of nitrogens with zero attached hydrogens (tertiary/aromatic N) is 3. The second-order valence-electron chi connectivity index (χ2n) is 6.47. The summed E-state index contributed by atoms with van der Waals surface area (Å²) in [6, 6.07) is 0.444. The van der Waals surface area contributed by atoms with E-state index in [1.807, 2.05) is 0 Å². The van der Waals surface area contributed by atoms with Crippen LogP contribution in [0.4, 0.5) is 0 Å². The van der Waals surface area contributed by atoms with Crippen molar-refractivity contribution in [1.82, 2.24) is 14.8 Å². The normalized spacial score (nSPS) is 23.7. The van der Waals surface area contributed by atoms with Gasteiger partial charge in [0.1, 0.15) is 5.01 Å². The molecular weight excluding hydrogens is 302 g/mol. The van der Waals surface area contributed by atoms with Crippen molar-refractivity contribution in [3.05, 3.63) is 16.1 Å². The molecule has 1 aromatic heterocycles. The Bertz CT molecular complexity index is 436. The molecule has 2 aliphatic heterocycles. The van der Waals surface area contributed by atoms with Crippen LogP contribution in [0.2, 0.25) is 0 Å². The van der Waals surface area contributed by atoms with Crippen LogP contribution in [-0.4, -0.2) is 47.5 Å². The van der Waals surface area contributed by atoms with Gasteiger partial charge in [-0.15, -0.1) is 22.9 Å². The lowest BCUT2D eigenvalue weighted by Gasteiger charge is -2.36. The van der Waals surface area contributed by atoms with E-state index in [-0.39, 0.29) is 0 Å². The maximum Gasteiger partial charge on any atom is 0.110 e. The van der Waals surface area contributed by atoms with Gasteiger partial charge in [-0.2, -0.15) is 0 Å². The first-order valence-electron chi connectivity index (χ1n) is 8.23. The summed E-state index contributed by atoms with van der Waals surface area (Å²) in [7, 11) is 0. The van der Waals surface area contributed by atoms with Crippen molar-refractivity contribution in [2.75, 3.05) is 32.7 Å². The molecule has 3 nitrogen and oxygen atoms in total. The van der Waals surface area contributed by atoms with Crippen LogP contribution in [0.1, 0.15) is 49.4 Å². The number of halogens is 1. The maximum absolute atomic E-state index is 5.86. The average molecular weight is 328 g/mol. The molecule has 2 aliphatic rings. The van der Waals surface area contributed by atoms with Gasteiger partial charge < -0.3 is 4.90 Å². The van der Waals surface area contributed by atoms with E-state index >= 15 is 0 Å². The first-order valence-corrected chi connectivity index (χ1v) is 9.64. The molecule has 0 amide bonds. The number of rotatable bonds is 5. The average Bonchev–Trinajstić information content (AvgIpc) is 3.18. The zero-order valence-corrected chi connectivity index (χ0v) is 14.5. The lowest BCUT2D eigenvalue weighted by molar-refractivity contribution is 0.122. The van der Waals surface area contributed by atoms with Crippen molar-refractivity contribution in [2.45, 2.75) is 44.5 Å². The van der Waals surface area contributed by atoms with Gasteiger partial charge in [0.15, 0.2) is 0 Å². The Labute approximate surface area is 137 Å². The first-order chi connectivity index (χ1) is 10.3. The third-order valence-corrected chi connectivity index (χ3v) is 6.31. The summed E-state index contributed by atoms with van der Waals surface area (Å²) in [5, 5.41) is 3.32. The monoisotopic (exact) mass is 327 g/mol. The van der Waals surface area contributed by atoms with E-state index in [2.05, 4.69) is 27.1 Å². The van der Waals surface area contributed by atoms with E-state index in [4.69, 9.17) is 11.6 Å². The Morgan fingerprint density at radius 2 is 2.00 bits per heavy atom. The van der Waals surface area contributed by atoms with Gasteiger partial charge in [-0.1, -0.05) is 0 Å². The summed E-state index contributed by atoms with van der Waals surface area (Å²) in [5.74, 6) is 1.43. The number of thiazole rings is 1. The summed E-state index contributed by atoms with van der Waals surface area (Å²) in [6.45, 7) is 8.71. The summed E-state index contributed by atoms with van der Waals surface area (Å²) in [6.07, 6.45) is 5.49. The maximum atomic E-state index is 5.86. The zero-order valence-electron chi connectivity index (χ0n) is 12.9. The minimum atomic E-state index is 0.444.